The fourth-order valence-corrected chi connectivity index (χ4v) is 5.16. The Morgan fingerprint density at radius 3 is 2.31 bits per heavy atom. The van der Waals surface area contributed by atoms with Gasteiger partial charge in [0.1, 0.15) is 12.1 Å². The summed E-state index contributed by atoms with van der Waals surface area (Å²) in [6.07, 6.45) is 0.556. The highest BCUT2D eigenvalue weighted by Crippen LogP contribution is 2.59. The van der Waals surface area contributed by atoms with Crippen molar-refractivity contribution in [3.05, 3.63) is 48.0 Å². The molecule has 0 spiro atoms. The lowest BCUT2D eigenvalue weighted by atomic mass is 9.93. The van der Waals surface area contributed by atoms with Crippen LogP contribution >= 0.6 is 0 Å². The molecule has 7 heteroatoms. The lowest BCUT2D eigenvalue weighted by Crippen LogP contribution is -2.53. The quantitative estimate of drug-likeness (QED) is 0.618. The average Bonchev–Trinajstić information content (AvgIpc) is 3.35. The van der Waals surface area contributed by atoms with Gasteiger partial charge in [-0.3, -0.25) is 14.5 Å². The Labute approximate surface area is 214 Å². The Bertz CT molecular complexity index is 1180. The van der Waals surface area contributed by atoms with Gasteiger partial charge in [-0.25, -0.2) is 4.79 Å². The molecule has 0 N–H and O–H groups in total. The van der Waals surface area contributed by atoms with Crippen LogP contribution < -0.4 is 0 Å². The largest absolute Gasteiger partial charge is 0.444 e. The molecule has 7 nitrogen and oxygen atoms in total. The number of rotatable bonds is 5. The number of fused-ring (bicyclic) bond motifs is 2. The van der Waals surface area contributed by atoms with Crippen LogP contribution in [0.5, 0.6) is 0 Å². The highest BCUT2D eigenvalue weighted by molar-refractivity contribution is 5.88. The molecule has 1 heterocycles. The zero-order chi connectivity index (χ0) is 26.5. The first-order chi connectivity index (χ1) is 16.7. The predicted octanol–water partition coefficient (Wildman–Crippen LogP) is 4.43. The van der Waals surface area contributed by atoms with Gasteiger partial charge in [0.15, 0.2) is 0 Å². The van der Waals surface area contributed by atoms with E-state index < -0.39 is 17.2 Å². The number of nitrogens with zero attached hydrogens (tertiary/aromatic N) is 3. The maximum atomic E-state index is 13.1. The number of benzene rings is 2. The molecule has 3 amide bonds. The Morgan fingerprint density at radius 1 is 1.00 bits per heavy atom. The van der Waals surface area contributed by atoms with E-state index in [1.54, 1.807) is 27.8 Å². The van der Waals surface area contributed by atoms with Crippen LogP contribution in [-0.2, 0) is 19.7 Å². The molecule has 2 aromatic carbocycles. The summed E-state index contributed by atoms with van der Waals surface area (Å²) in [6.45, 7) is 12.2. The molecule has 0 aromatic heterocycles. The van der Waals surface area contributed by atoms with Crippen molar-refractivity contribution in [1.82, 2.24) is 14.7 Å². The summed E-state index contributed by atoms with van der Waals surface area (Å²) in [6, 6.07) is 15.0. The van der Waals surface area contributed by atoms with Crippen molar-refractivity contribution in [2.45, 2.75) is 64.5 Å². The topological polar surface area (TPSA) is 70.2 Å². The Morgan fingerprint density at radius 2 is 1.67 bits per heavy atom. The van der Waals surface area contributed by atoms with Gasteiger partial charge in [-0.1, -0.05) is 42.5 Å². The van der Waals surface area contributed by atoms with Gasteiger partial charge < -0.3 is 14.5 Å². The number of ether oxygens (including phenoxy) is 1. The third-order valence-corrected chi connectivity index (χ3v) is 7.34. The molecule has 1 aliphatic heterocycles. The van der Waals surface area contributed by atoms with E-state index in [1.165, 1.54) is 26.1 Å². The van der Waals surface area contributed by atoms with Gasteiger partial charge in [-0.2, -0.15) is 0 Å². The van der Waals surface area contributed by atoms with Crippen molar-refractivity contribution in [3.8, 4) is 0 Å². The van der Waals surface area contributed by atoms with Crippen LogP contribution in [0.2, 0.25) is 0 Å². The van der Waals surface area contributed by atoms with Crippen LogP contribution in [0.4, 0.5) is 4.79 Å². The SMILES string of the molecule is CN(CC(=O)N1C[C@H]2C[C@@]2(c2ccc3ccccc3c2)C1)C(=O)CN(C(=O)OC(C)(C)C)C(C)(C)C. The lowest BCUT2D eigenvalue weighted by Gasteiger charge is -2.37. The number of amides is 3. The molecule has 194 valence electrons. The highest BCUT2D eigenvalue weighted by atomic mass is 16.6. The molecule has 1 aliphatic carbocycles. The monoisotopic (exact) mass is 493 g/mol. The minimum Gasteiger partial charge on any atom is -0.444 e. The van der Waals surface area contributed by atoms with Crippen LogP contribution in [0.15, 0.2) is 42.5 Å². The zero-order valence-electron chi connectivity index (χ0n) is 22.6. The summed E-state index contributed by atoms with van der Waals surface area (Å²) in [7, 11) is 1.62. The van der Waals surface area contributed by atoms with E-state index in [2.05, 4.69) is 36.4 Å². The number of carbonyl (C=O) groups is 3. The number of piperidine rings is 1. The molecule has 36 heavy (non-hydrogen) atoms. The van der Waals surface area contributed by atoms with Crippen molar-refractivity contribution < 1.29 is 19.1 Å². The smallest absolute Gasteiger partial charge is 0.411 e. The summed E-state index contributed by atoms with van der Waals surface area (Å²) in [5, 5.41) is 2.44. The molecule has 0 radical (unpaired) electrons. The Kier molecular flexibility index (Phi) is 6.56. The van der Waals surface area contributed by atoms with Gasteiger partial charge in [0.05, 0.1) is 6.54 Å². The van der Waals surface area contributed by atoms with E-state index in [1.807, 2.05) is 31.7 Å². The number of carbonyl (C=O) groups excluding carboxylic acids is 3. The first-order valence-corrected chi connectivity index (χ1v) is 12.7. The van der Waals surface area contributed by atoms with E-state index >= 15 is 0 Å². The molecular weight excluding hydrogens is 454 g/mol. The fraction of sp³-hybridized carbons (Fsp3) is 0.552. The molecule has 4 rings (SSSR count). The van der Waals surface area contributed by atoms with Crippen LogP contribution in [0.25, 0.3) is 10.8 Å². The second-order valence-corrected chi connectivity index (χ2v) is 12.4. The molecule has 1 saturated carbocycles. The van der Waals surface area contributed by atoms with E-state index in [-0.39, 0.29) is 30.3 Å². The highest BCUT2D eigenvalue weighted by Gasteiger charge is 2.61. The maximum Gasteiger partial charge on any atom is 0.411 e. The number of hydrogen-bond donors (Lipinski definition) is 0. The van der Waals surface area contributed by atoms with Crippen molar-refractivity contribution in [2.75, 3.05) is 33.2 Å². The van der Waals surface area contributed by atoms with E-state index in [0.717, 1.165) is 13.0 Å². The van der Waals surface area contributed by atoms with Crippen LogP contribution in [0, 0.1) is 5.92 Å². The lowest BCUT2D eigenvalue weighted by molar-refractivity contribution is -0.140. The summed E-state index contributed by atoms with van der Waals surface area (Å²) >= 11 is 0. The van der Waals surface area contributed by atoms with Gasteiger partial charge in [0.25, 0.3) is 0 Å². The van der Waals surface area contributed by atoms with Gasteiger partial charge in [-0.15, -0.1) is 0 Å². The summed E-state index contributed by atoms with van der Waals surface area (Å²) in [5.41, 5.74) is 0.0558. The van der Waals surface area contributed by atoms with Crippen molar-refractivity contribution in [3.63, 3.8) is 0 Å². The first-order valence-electron chi connectivity index (χ1n) is 12.7. The molecule has 2 aromatic rings. The van der Waals surface area contributed by atoms with E-state index in [0.29, 0.717) is 12.5 Å². The molecular formula is C29H39N3O4. The molecule has 0 unspecified atom stereocenters. The molecule has 0 bridgehead atoms. The van der Waals surface area contributed by atoms with Crippen LogP contribution in [-0.4, -0.2) is 77.0 Å². The summed E-state index contributed by atoms with van der Waals surface area (Å²) in [4.78, 5) is 43.6. The minimum atomic E-state index is -0.664. The second kappa shape index (κ2) is 9.09. The normalized spacial score (nSPS) is 21.2. The predicted molar refractivity (Wildman–Crippen MR) is 141 cm³/mol. The Hall–Kier alpha value is -3.09. The molecule has 1 saturated heterocycles. The molecule has 2 aliphatic rings. The Balaban J connectivity index is 1.37. The second-order valence-electron chi connectivity index (χ2n) is 12.4. The van der Waals surface area contributed by atoms with Gasteiger partial charge in [0.2, 0.25) is 11.8 Å². The summed E-state index contributed by atoms with van der Waals surface area (Å²) in [5.74, 6) is 0.114. The van der Waals surface area contributed by atoms with Gasteiger partial charge in [0, 0.05) is 31.1 Å². The average molecular weight is 494 g/mol. The first kappa shape index (κ1) is 26.0. The number of likely N-dealkylation sites (tertiary alicyclic amines) is 1. The minimum absolute atomic E-state index is 0.00828. The van der Waals surface area contributed by atoms with Crippen LogP contribution in [0.1, 0.15) is 53.5 Å². The molecule has 2 fully saturated rings. The third kappa shape index (κ3) is 5.35. The number of likely N-dealkylation sites (N-methyl/N-ethyl adjacent to an activating group) is 1. The van der Waals surface area contributed by atoms with Gasteiger partial charge >= 0.3 is 6.09 Å². The van der Waals surface area contributed by atoms with E-state index in [4.69, 9.17) is 4.74 Å². The fourth-order valence-electron chi connectivity index (χ4n) is 5.16. The van der Waals surface area contributed by atoms with Crippen LogP contribution in [0.3, 0.4) is 0 Å². The standard InChI is InChI=1S/C29H39N3O4/c1-27(2,3)32(26(35)36-28(4,5)6)18-24(33)30(7)17-25(34)31-16-23-15-29(23,19-31)22-13-12-20-10-8-9-11-21(20)14-22/h8-14,23H,15-19H2,1-7H3/t23-,29+/m1/s1. The van der Waals surface area contributed by atoms with E-state index in [9.17, 15) is 14.4 Å². The number of hydrogen-bond acceptors (Lipinski definition) is 4. The van der Waals surface area contributed by atoms with Gasteiger partial charge in [-0.05, 0) is 70.2 Å². The van der Waals surface area contributed by atoms with Crippen molar-refractivity contribution in [1.29, 1.82) is 0 Å². The zero-order valence-corrected chi connectivity index (χ0v) is 22.6. The van der Waals surface area contributed by atoms with Crippen molar-refractivity contribution in [2.24, 2.45) is 5.92 Å². The summed E-state index contributed by atoms with van der Waals surface area (Å²) < 4.78 is 5.51. The third-order valence-electron chi connectivity index (χ3n) is 7.34. The maximum absolute atomic E-state index is 13.1. The van der Waals surface area contributed by atoms with Crippen molar-refractivity contribution >= 4 is 28.7 Å². The molecule has 2 atom stereocenters.